The fourth-order valence-corrected chi connectivity index (χ4v) is 2.55. The monoisotopic (exact) mass is 326 g/mol. The van der Waals surface area contributed by atoms with Crippen molar-refractivity contribution in [1.29, 1.82) is 0 Å². The number of hydrogen-bond donors (Lipinski definition) is 2. The van der Waals surface area contributed by atoms with Gasteiger partial charge in [0, 0.05) is 10.6 Å². The second kappa shape index (κ2) is 5.74. The number of rotatable bonds is 3. The van der Waals surface area contributed by atoms with Crippen LogP contribution < -0.4 is 0 Å². The molecule has 2 N–H and O–H groups in total. The number of halogens is 2. The van der Waals surface area contributed by atoms with Crippen LogP contribution in [-0.2, 0) is 13.0 Å². The van der Waals surface area contributed by atoms with Crippen LogP contribution in [0, 0.1) is 0 Å². The molecule has 0 atom stereocenters. The van der Waals surface area contributed by atoms with Gasteiger partial charge in [0.15, 0.2) is 0 Å². The van der Waals surface area contributed by atoms with Crippen LogP contribution >= 0.6 is 27.5 Å². The third-order valence-corrected chi connectivity index (χ3v) is 3.70. The van der Waals surface area contributed by atoms with Crippen molar-refractivity contribution in [3.63, 3.8) is 0 Å². The Hall–Kier alpha value is -1.03. The summed E-state index contributed by atoms with van der Waals surface area (Å²) < 4.78 is 0.580. The highest BCUT2D eigenvalue weighted by Gasteiger charge is 2.09. The smallest absolute Gasteiger partial charge is 0.135 e. The van der Waals surface area contributed by atoms with Crippen molar-refractivity contribution in [3.8, 4) is 5.75 Å². The highest BCUT2D eigenvalue weighted by molar-refractivity contribution is 9.10. The van der Waals surface area contributed by atoms with Crippen molar-refractivity contribution >= 4 is 27.5 Å². The summed E-state index contributed by atoms with van der Waals surface area (Å²) in [6, 6.07) is 11.2. The van der Waals surface area contributed by atoms with Crippen LogP contribution in [0.2, 0.25) is 5.02 Å². The molecule has 0 radical (unpaired) electrons. The second-order valence-electron chi connectivity index (χ2n) is 4.01. The largest absolute Gasteiger partial charge is 0.506 e. The lowest BCUT2D eigenvalue weighted by Crippen LogP contribution is -1.93. The Morgan fingerprint density at radius 3 is 2.50 bits per heavy atom. The number of benzene rings is 2. The standard InChI is InChI=1S/C14H12BrClO2/c15-12-7-9(6-11(8-17)14(12)18)5-10-3-1-2-4-13(10)16/h1-4,6-7,17-18H,5,8H2. The van der Waals surface area contributed by atoms with Gasteiger partial charge in [-0.2, -0.15) is 0 Å². The van der Waals surface area contributed by atoms with Crippen molar-refractivity contribution in [2.24, 2.45) is 0 Å². The average Bonchev–Trinajstić information content (AvgIpc) is 2.36. The van der Waals surface area contributed by atoms with E-state index in [0.717, 1.165) is 11.1 Å². The maximum absolute atomic E-state index is 9.71. The molecule has 0 saturated heterocycles. The molecule has 2 nitrogen and oxygen atoms in total. The van der Waals surface area contributed by atoms with E-state index in [1.54, 1.807) is 6.07 Å². The predicted molar refractivity (Wildman–Crippen MR) is 76.0 cm³/mol. The number of aliphatic hydroxyl groups excluding tert-OH is 1. The van der Waals surface area contributed by atoms with E-state index < -0.39 is 0 Å². The van der Waals surface area contributed by atoms with Gasteiger partial charge in [0.05, 0.1) is 11.1 Å². The Bertz CT molecular complexity index is 570. The minimum Gasteiger partial charge on any atom is -0.506 e. The van der Waals surface area contributed by atoms with Gasteiger partial charge in [0.25, 0.3) is 0 Å². The van der Waals surface area contributed by atoms with Gasteiger partial charge in [-0.1, -0.05) is 29.8 Å². The second-order valence-corrected chi connectivity index (χ2v) is 5.27. The molecular formula is C14H12BrClO2. The fraction of sp³-hybridized carbons (Fsp3) is 0.143. The molecule has 2 aromatic carbocycles. The van der Waals surface area contributed by atoms with Gasteiger partial charge in [-0.05, 0) is 51.7 Å². The summed E-state index contributed by atoms with van der Waals surface area (Å²) in [5.74, 6) is 0.0837. The lowest BCUT2D eigenvalue weighted by molar-refractivity contribution is 0.275. The molecule has 0 saturated carbocycles. The van der Waals surface area contributed by atoms with Crippen molar-refractivity contribution in [2.45, 2.75) is 13.0 Å². The minimum absolute atomic E-state index is 0.0837. The molecule has 4 heteroatoms. The summed E-state index contributed by atoms with van der Waals surface area (Å²) in [6.07, 6.45) is 0.658. The van der Waals surface area contributed by atoms with E-state index >= 15 is 0 Å². The molecule has 18 heavy (non-hydrogen) atoms. The maximum atomic E-state index is 9.71. The first-order chi connectivity index (χ1) is 8.61. The normalized spacial score (nSPS) is 10.6. The van der Waals surface area contributed by atoms with Crippen LogP contribution in [0.15, 0.2) is 40.9 Å². The van der Waals surface area contributed by atoms with Gasteiger partial charge in [-0.3, -0.25) is 0 Å². The van der Waals surface area contributed by atoms with Crippen LogP contribution in [0.4, 0.5) is 0 Å². The molecule has 0 fully saturated rings. The Labute approximate surface area is 119 Å². The summed E-state index contributed by atoms with van der Waals surface area (Å²) >= 11 is 9.38. The van der Waals surface area contributed by atoms with Crippen molar-refractivity contribution in [1.82, 2.24) is 0 Å². The average molecular weight is 328 g/mol. The summed E-state index contributed by atoms with van der Waals surface area (Å²) in [4.78, 5) is 0. The van der Waals surface area contributed by atoms with Crippen molar-refractivity contribution < 1.29 is 10.2 Å². The highest BCUT2D eigenvalue weighted by Crippen LogP contribution is 2.31. The van der Waals surface area contributed by atoms with E-state index in [1.165, 1.54) is 0 Å². The molecule has 94 valence electrons. The van der Waals surface area contributed by atoms with E-state index in [9.17, 15) is 10.2 Å². The summed E-state index contributed by atoms with van der Waals surface area (Å²) in [7, 11) is 0. The van der Waals surface area contributed by atoms with Gasteiger partial charge in [0.2, 0.25) is 0 Å². The van der Waals surface area contributed by atoms with Crippen LogP contribution in [0.3, 0.4) is 0 Å². The van der Waals surface area contributed by atoms with E-state index in [4.69, 9.17) is 11.6 Å². The molecule has 0 aliphatic heterocycles. The van der Waals surface area contributed by atoms with Crippen LogP contribution in [0.1, 0.15) is 16.7 Å². The van der Waals surface area contributed by atoms with Crippen LogP contribution in [-0.4, -0.2) is 10.2 Å². The molecule has 0 aliphatic rings. The SMILES string of the molecule is OCc1cc(Cc2ccccc2Cl)cc(Br)c1O. The first-order valence-corrected chi connectivity index (χ1v) is 6.63. The van der Waals surface area contributed by atoms with Gasteiger partial charge in [0.1, 0.15) is 5.75 Å². The summed E-state index contributed by atoms with van der Waals surface area (Å²) in [5.41, 5.74) is 2.50. The molecule has 0 aromatic heterocycles. The van der Waals surface area contributed by atoms with Gasteiger partial charge in [-0.25, -0.2) is 0 Å². The molecule has 0 spiro atoms. The summed E-state index contributed by atoms with van der Waals surface area (Å²) in [6.45, 7) is -0.194. The quantitative estimate of drug-likeness (QED) is 0.898. The Morgan fingerprint density at radius 1 is 1.11 bits per heavy atom. The number of phenols is 1. The molecule has 0 bridgehead atoms. The molecule has 0 heterocycles. The predicted octanol–water partition coefficient (Wildman–Crippen LogP) is 3.89. The van der Waals surface area contributed by atoms with Crippen LogP contribution in [0.25, 0.3) is 0 Å². The first-order valence-electron chi connectivity index (χ1n) is 5.46. The molecule has 2 aromatic rings. The number of hydrogen-bond acceptors (Lipinski definition) is 2. The third kappa shape index (κ3) is 2.86. The molecule has 0 aliphatic carbocycles. The van der Waals surface area contributed by atoms with Gasteiger partial charge in [-0.15, -0.1) is 0 Å². The third-order valence-electron chi connectivity index (χ3n) is 2.72. The number of aliphatic hydroxyl groups is 1. The van der Waals surface area contributed by atoms with E-state index in [2.05, 4.69) is 15.9 Å². The zero-order valence-corrected chi connectivity index (χ0v) is 11.9. The Balaban J connectivity index is 2.36. The summed E-state index contributed by atoms with van der Waals surface area (Å²) in [5, 5.41) is 19.6. The topological polar surface area (TPSA) is 40.5 Å². The van der Waals surface area contributed by atoms with Gasteiger partial charge < -0.3 is 10.2 Å². The van der Waals surface area contributed by atoms with Crippen molar-refractivity contribution in [3.05, 3.63) is 62.6 Å². The fourth-order valence-electron chi connectivity index (χ4n) is 1.80. The van der Waals surface area contributed by atoms with E-state index in [0.29, 0.717) is 21.5 Å². The van der Waals surface area contributed by atoms with E-state index in [1.807, 2.05) is 30.3 Å². The molecular weight excluding hydrogens is 316 g/mol. The lowest BCUT2D eigenvalue weighted by atomic mass is 10.0. The molecule has 0 amide bonds. The Kier molecular flexibility index (Phi) is 4.27. The molecule has 2 rings (SSSR count). The van der Waals surface area contributed by atoms with E-state index in [-0.39, 0.29) is 12.4 Å². The lowest BCUT2D eigenvalue weighted by Gasteiger charge is -2.09. The van der Waals surface area contributed by atoms with Crippen molar-refractivity contribution in [2.75, 3.05) is 0 Å². The zero-order valence-electron chi connectivity index (χ0n) is 9.53. The number of aromatic hydroxyl groups is 1. The maximum Gasteiger partial charge on any atom is 0.135 e. The van der Waals surface area contributed by atoms with Crippen LogP contribution in [0.5, 0.6) is 5.75 Å². The zero-order chi connectivity index (χ0) is 13.1. The molecule has 0 unspecified atom stereocenters. The first kappa shape index (κ1) is 13.4. The minimum atomic E-state index is -0.194. The highest BCUT2D eigenvalue weighted by atomic mass is 79.9. The Morgan fingerprint density at radius 2 is 1.83 bits per heavy atom. The van der Waals surface area contributed by atoms with Gasteiger partial charge >= 0.3 is 0 Å².